The van der Waals surface area contributed by atoms with E-state index in [1.807, 2.05) is 30.3 Å². The van der Waals surface area contributed by atoms with Gasteiger partial charge < -0.3 is 24.4 Å². The van der Waals surface area contributed by atoms with Crippen molar-refractivity contribution in [1.29, 1.82) is 0 Å². The number of hydrogen-bond acceptors (Lipinski definition) is 8. The first kappa shape index (κ1) is 23.8. The predicted molar refractivity (Wildman–Crippen MR) is 136 cm³/mol. The lowest BCUT2D eigenvalue weighted by Gasteiger charge is -2.29. The molecule has 1 fully saturated rings. The van der Waals surface area contributed by atoms with Crippen LogP contribution in [0.3, 0.4) is 0 Å². The fourth-order valence-electron chi connectivity index (χ4n) is 3.87. The van der Waals surface area contributed by atoms with Crippen molar-refractivity contribution in [2.24, 2.45) is 0 Å². The molecule has 0 unspecified atom stereocenters. The van der Waals surface area contributed by atoms with Crippen molar-refractivity contribution in [1.82, 2.24) is 19.9 Å². The van der Waals surface area contributed by atoms with Gasteiger partial charge in [0.05, 0.1) is 29.1 Å². The Morgan fingerprint density at radius 3 is 2.69 bits per heavy atom. The molecule has 0 radical (unpaired) electrons. The first-order valence-electron chi connectivity index (χ1n) is 11.5. The Morgan fingerprint density at radius 2 is 1.92 bits per heavy atom. The van der Waals surface area contributed by atoms with E-state index in [9.17, 15) is 4.79 Å². The molecular formula is C26H24ClN5O4. The number of nitrogens with zero attached hydrogens (tertiary/aromatic N) is 4. The molecule has 1 saturated heterocycles. The molecule has 0 spiro atoms. The van der Waals surface area contributed by atoms with Crippen LogP contribution >= 0.6 is 11.6 Å². The van der Waals surface area contributed by atoms with Crippen LogP contribution in [0.15, 0.2) is 67.1 Å². The van der Waals surface area contributed by atoms with Gasteiger partial charge in [-0.25, -0.2) is 15.0 Å². The number of hydrogen-bond donors (Lipinski definition) is 1. The number of benzene rings is 2. The van der Waals surface area contributed by atoms with Crippen molar-refractivity contribution in [3.63, 3.8) is 0 Å². The number of carbonyl (C=O) groups is 1. The maximum absolute atomic E-state index is 12.9. The van der Waals surface area contributed by atoms with Crippen molar-refractivity contribution < 1.29 is 19.0 Å². The van der Waals surface area contributed by atoms with Gasteiger partial charge in [-0.15, -0.1) is 0 Å². The molecule has 1 aliphatic rings. The Hall–Kier alpha value is -3.95. The van der Waals surface area contributed by atoms with Crippen LogP contribution in [0.1, 0.15) is 6.92 Å². The molecular weight excluding hydrogens is 482 g/mol. The van der Waals surface area contributed by atoms with E-state index in [0.29, 0.717) is 71.1 Å². The Labute approximate surface area is 213 Å². The largest absolute Gasteiger partial charge is 0.480 e. The molecule has 184 valence electrons. The molecule has 1 N–H and O–H groups in total. The van der Waals surface area contributed by atoms with E-state index in [1.165, 1.54) is 6.33 Å². The van der Waals surface area contributed by atoms with Crippen LogP contribution in [0.25, 0.3) is 10.9 Å². The Balaban J connectivity index is 1.38. The van der Waals surface area contributed by atoms with Crippen LogP contribution in [0, 0.1) is 0 Å². The van der Waals surface area contributed by atoms with Crippen LogP contribution < -0.4 is 14.8 Å². The fourth-order valence-corrected chi connectivity index (χ4v) is 4.09. The number of ether oxygens (including phenoxy) is 3. The van der Waals surface area contributed by atoms with Crippen molar-refractivity contribution >= 4 is 39.9 Å². The summed E-state index contributed by atoms with van der Waals surface area (Å²) in [7, 11) is 0. The molecule has 1 amide bonds. The number of amides is 1. The average Bonchev–Trinajstić information content (AvgIpc) is 2.91. The quantitative estimate of drug-likeness (QED) is 0.381. The molecule has 10 heteroatoms. The fraction of sp³-hybridized carbons (Fsp3) is 0.231. The molecule has 0 aliphatic carbocycles. The standard InChI is InChI=1S/C26H24ClN5O4/c1-17(26(33)32-11-13-34-14-12-32)35-22-6-4-5-20-24(22)25(30-16-29-20)31-18-8-9-21(19(27)15-18)36-23-7-2-3-10-28-23/h2-10,15-17H,11-14H2,1H3,(H,29,30,31)/t17-/m1/s1. The minimum Gasteiger partial charge on any atom is -0.480 e. The van der Waals surface area contributed by atoms with Crippen LogP contribution in [0.4, 0.5) is 11.5 Å². The SMILES string of the molecule is C[C@@H](Oc1cccc2ncnc(Nc3ccc(Oc4ccccn4)c(Cl)c3)c12)C(=O)N1CCOCC1. The molecule has 0 bridgehead atoms. The molecule has 2 aromatic heterocycles. The zero-order valence-corrected chi connectivity index (χ0v) is 20.3. The summed E-state index contributed by atoms with van der Waals surface area (Å²) in [5.41, 5.74) is 1.37. The summed E-state index contributed by atoms with van der Waals surface area (Å²) in [6.45, 7) is 3.91. The number of morpholine rings is 1. The number of halogens is 1. The van der Waals surface area contributed by atoms with E-state index in [1.54, 1.807) is 42.3 Å². The van der Waals surface area contributed by atoms with Gasteiger partial charge in [0, 0.05) is 31.0 Å². The first-order chi connectivity index (χ1) is 17.6. The second-order valence-corrected chi connectivity index (χ2v) is 8.52. The highest BCUT2D eigenvalue weighted by molar-refractivity contribution is 6.32. The van der Waals surface area contributed by atoms with E-state index in [4.69, 9.17) is 25.8 Å². The van der Waals surface area contributed by atoms with Crippen LogP contribution in [-0.4, -0.2) is 58.2 Å². The number of rotatable bonds is 7. The Bertz CT molecular complexity index is 1360. The third-order valence-electron chi connectivity index (χ3n) is 5.65. The molecule has 0 saturated carbocycles. The molecule has 2 aromatic carbocycles. The molecule has 4 aromatic rings. The Kier molecular flexibility index (Phi) is 7.11. The summed E-state index contributed by atoms with van der Waals surface area (Å²) in [6.07, 6.45) is 2.44. The summed E-state index contributed by atoms with van der Waals surface area (Å²) in [5, 5.41) is 4.35. The molecule has 3 heterocycles. The zero-order chi connectivity index (χ0) is 24.9. The van der Waals surface area contributed by atoms with Gasteiger partial charge in [-0.1, -0.05) is 23.7 Å². The van der Waals surface area contributed by atoms with E-state index >= 15 is 0 Å². The molecule has 5 rings (SSSR count). The maximum Gasteiger partial charge on any atom is 0.263 e. The second kappa shape index (κ2) is 10.8. The maximum atomic E-state index is 12.9. The van der Waals surface area contributed by atoms with Crippen molar-refractivity contribution in [2.45, 2.75) is 13.0 Å². The molecule has 9 nitrogen and oxygen atoms in total. The topological polar surface area (TPSA) is 98.7 Å². The van der Waals surface area contributed by atoms with Gasteiger partial charge in [-0.05, 0) is 43.3 Å². The average molecular weight is 506 g/mol. The number of nitrogens with one attached hydrogen (secondary N) is 1. The van der Waals surface area contributed by atoms with Gasteiger partial charge in [0.15, 0.2) is 6.10 Å². The summed E-state index contributed by atoms with van der Waals surface area (Å²) in [4.78, 5) is 27.6. The third-order valence-corrected chi connectivity index (χ3v) is 5.94. The summed E-state index contributed by atoms with van der Waals surface area (Å²) in [5.74, 6) is 1.87. The van der Waals surface area contributed by atoms with Gasteiger partial charge in [-0.3, -0.25) is 4.79 Å². The second-order valence-electron chi connectivity index (χ2n) is 8.11. The van der Waals surface area contributed by atoms with Crippen LogP contribution in [-0.2, 0) is 9.53 Å². The highest BCUT2D eigenvalue weighted by Crippen LogP contribution is 2.35. The monoisotopic (exact) mass is 505 g/mol. The molecule has 1 aliphatic heterocycles. The molecule has 36 heavy (non-hydrogen) atoms. The number of fused-ring (bicyclic) bond motifs is 1. The Morgan fingerprint density at radius 1 is 1.06 bits per heavy atom. The summed E-state index contributed by atoms with van der Waals surface area (Å²) < 4.78 is 17.2. The van der Waals surface area contributed by atoms with Crippen molar-refractivity contribution in [2.75, 3.05) is 31.6 Å². The zero-order valence-electron chi connectivity index (χ0n) is 19.6. The highest BCUT2D eigenvalue weighted by atomic mass is 35.5. The van der Waals surface area contributed by atoms with Crippen molar-refractivity contribution in [3.8, 4) is 17.4 Å². The van der Waals surface area contributed by atoms with E-state index in [-0.39, 0.29) is 5.91 Å². The van der Waals surface area contributed by atoms with Gasteiger partial charge in [-0.2, -0.15) is 0 Å². The number of anilines is 2. The number of carbonyl (C=O) groups excluding carboxylic acids is 1. The van der Waals surface area contributed by atoms with Crippen LogP contribution in [0.2, 0.25) is 5.02 Å². The smallest absolute Gasteiger partial charge is 0.263 e. The van der Waals surface area contributed by atoms with Gasteiger partial charge in [0.25, 0.3) is 5.91 Å². The van der Waals surface area contributed by atoms with Gasteiger partial charge in [0.2, 0.25) is 5.88 Å². The lowest BCUT2D eigenvalue weighted by atomic mass is 10.2. The minimum absolute atomic E-state index is 0.0862. The summed E-state index contributed by atoms with van der Waals surface area (Å²) in [6, 6.07) is 16.2. The summed E-state index contributed by atoms with van der Waals surface area (Å²) >= 11 is 6.47. The highest BCUT2D eigenvalue weighted by Gasteiger charge is 2.25. The lowest BCUT2D eigenvalue weighted by Crippen LogP contribution is -2.46. The van der Waals surface area contributed by atoms with Gasteiger partial charge >= 0.3 is 0 Å². The first-order valence-corrected chi connectivity index (χ1v) is 11.9. The third kappa shape index (κ3) is 5.32. The number of aromatic nitrogens is 3. The normalized spacial score (nSPS) is 14.3. The van der Waals surface area contributed by atoms with Crippen LogP contribution in [0.5, 0.6) is 17.4 Å². The minimum atomic E-state index is -0.681. The van der Waals surface area contributed by atoms with E-state index in [0.717, 1.165) is 0 Å². The van der Waals surface area contributed by atoms with E-state index < -0.39 is 6.10 Å². The van der Waals surface area contributed by atoms with E-state index in [2.05, 4.69) is 20.3 Å². The van der Waals surface area contributed by atoms with Crippen molar-refractivity contribution in [3.05, 3.63) is 72.1 Å². The number of pyridine rings is 1. The lowest BCUT2D eigenvalue weighted by molar-refractivity contribution is -0.142. The van der Waals surface area contributed by atoms with Gasteiger partial charge in [0.1, 0.15) is 23.6 Å². The predicted octanol–water partition coefficient (Wildman–Crippen LogP) is 4.84. The molecule has 1 atom stereocenters.